The Morgan fingerprint density at radius 1 is 1.06 bits per heavy atom. The number of halogens is 2. The molecule has 0 bridgehead atoms. The topological polar surface area (TPSA) is 88.5 Å². The first-order valence-corrected chi connectivity index (χ1v) is 9.61. The molecule has 0 saturated heterocycles. The summed E-state index contributed by atoms with van der Waals surface area (Å²) in [5.74, 6) is -1.23. The van der Waals surface area contributed by atoms with E-state index in [1.54, 1.807) is 35.0 Å². The van der Waals surface area contributed by atoms with Crippen LogP contribution in [0.1, 0.15) is 17.3 Å². The molecule has 0 saturated carbocycles. The maximum absolute atomic E-state index is 14.1. The van der Waals surface area contributed by atoms with E-state index in [1.165, 1.54) is 0 Å². The van der Waals surface area contributed by atoms with Crippen molar-refractivity contribution in [3.8, 4) is 11.4 Å². The number of fused-ring (bicyclic) bond motifs is 2. The van der Waals surface area contributed by atoms with E-state index >= 15 is 0 Å². The van der Waals surface area contributed by atoms with Gasteiger partial charge in [-0.1, -0.05) is 5.21 Å². The molecule has 0 atom stereocenters. The first-order chi connectivity index (χ1) is 15.0. The average Bonchev–Trinajstić information content (AvgIpc) is 3.38. The van der Waals surface area contributed by atoms with Crippen molar-refractivity contribution in [3.63, 3.8) is 0 Å². The van der Waals surface area contributed by atoms with Crippen LogP contribution in [0.5, 0.6) is 0 Å². The Hall–Kier alpha value is -4.14. The monoisotopic (exact) mass is 418 g/mol. The molecule has 0 aliphatic heterocycles. The molecule has 0 spiro atoms. The minimum absolute atomic E-state index is 0.0372. The zero-order chi connectivity index (χ0) is 21.5. The number of imidazole rings is 1. The molecule has 5 rings (SSSR count). The number of aromatic amines is 1. The molecule has 0 radical (unpaired) electrons. The predicted molar refractivity (Wildman–Crippen MR) is 113 cm³/mol. The second-order valence-corrected chi connectivity index (χ2v) is 7.00. The van der Waals surface area contributed by atoms with Gasteiger partial charge in [-0.2, -0.15) is 0 Å². The number of nitrogens with zero attached hydrogens (tertiary/aromatic N) is 4. The summed E-state index contributed by atoms with van der Waals surface area (Å²) in [4.78, 5) is 20.0. The Balaban J connectivity index is 1.43. The lowest BCUT2D eigenvalue weighted by atomic mass is 10.1. The number of rotatable bonds is 4. The number of carbonyl (C=O) groups excluding carboxylic acids is 1. The van der Waals surface area contributed by atoms with E-state index in [1.807, 2.05) is 13.0 Å². The van der Waals surface area contributed by atoms with Crippen LogP contribution in [0.25, 0.3) is 33.5 Å². The minimum Gasteiger partial charge on any atom is -0.338 e. The molecular formula is C22H16F2N6O. The molecule has 31 heavy (non-hydrogen) atoms. The van der Waals surface area contributed by atoms with Crippen LogP contribution in [-0.4, -0.2) is 30.9 Å². The summed E-state index contributed by atoms with van der Waals surface area (Å²) in [6.45, 7) is 2.65. The van der Waals surface area contributed by atoms with Crippen LogP contribution >= 0.6 is 0 Å². The third-order valence-electron chi connectivity index (χ3n) is 5.00. The Labute approximate surface area is 174 Å². The lowest BCUT2D eigenvalue weighted by Gasteiger charge is -2.05. The number of aryl methyl sites for hydroxylation is 1. The minimum atomic E-state index is -0.579. The number of hydrogen-bond acceptors (Lipinski definition) is 4. The van der Waals surface area contributed by atoms with Crippen molar-refractivity contribution >= 4 is 33.7 Å². The fourth-order valence-electron chi connectivity index (χ4n) is 3.44. The highest BCUT2D eigenvalue weighted by Crippen LogP contribution is 2.26. The molecule has 2 aromatic heterocycles. The van der Waals surface area contributed by atoms with Gasteiger partial charge < -0.3 is 10.3 Å². The quantitative estimate of drug-likeness (QED) is 0.449. The van der Waals surface area contributed by atoms with Gasteiger partial charge >= 0.3 is 0 Å². The Morgan fingerprint density at radius 2 is 1.94 bits per heavy atom. The second kappa shape index (κ2) is 7.28. The molecule has 0 fully saturated rings. The van der Waals surface area contributed by atoms with Gasteiger partial charge in [0.1, 0.15) is 23.0 Å². The lowest BCUT2D eigenvalue weighted by Crippen LogP contribution is -2.11. The van der Waals surface area contributed by atoms with Gasteiger partial charge in [0.15, 0.2) is 0 Å². The number of nitrogens with one attached hydrogen (secondary N) is 2. The molecule has 154 valence electrons. The standard InChI is InChI=1S/C22H16F2N6O/c1-2-30-20-8-3-12(9-19(20)28-29-30)22(31)25-14-5-7-17-18(11-14)27-21(26-17)15-10-13(23)4-6-16(15)24/h3-11H,2H2,1H3,(H,25,31)(H,26,27). The molecule has 0 aliphatic rings. The van der Waals surface area contributed by atoms with Gasteiger partial charge in [0.25, 0.3) is 5.91 Å². The van der Waals surface area contributed by atoms with Crippen LogP contribution in [0.2, 0.25) is 0 Å². The van der Waals surface area contributed by atoms with Crippen molar-refractivity contribution in [2.75, 3.05) is 5.32 Å². The van der Waals surface area contributed by atoms with E-state index in [2.05, 4.69) is 25.6 Å². The van der Waals surface area contributed by atoms with Crippen molar-refractivity contribution < 1.29 is 13.6 Å². The summed E-state index contributed by atoms with van der Waals surface area (Å²) in [5, 5.41) is 11.0. The number of hydrogen-bond donors (Lipinski definition) is 2. The fraction of sp³-hybridized carbons (Fsp3) is 0.0909. The van der Waals surface area contributed by atoms with Crippen LogP contribution in [0.3, 0.4) is 0 Å². The van der Waals surface area contributed by atoms with Crippen LogP contribution in [0.4, 0.5) is 14.5 Å². The van der Waals surface area contributed by atoms with Gasteiger partial charge in [-0.15, -0.1) is 5.10 Å². The summed E-state index contributed by atoms with van der Waals surface area (Å²) in [5.41, 5.74) is 3.66. The van der Waals surface area contributed by atoms with E-state index in [9.17, 15) is 13.6 Å². The SMILES string of the molecule is CCn1nnc2cc(C(=O)Nc3ccc4nc(-c5cc(F)ccc5F)[nH]c4c3)ccc21. The average molecular weight is 418 g/mol. The Kier molecular flexibility index (Phi) is 4.43. The van der Waals surface area contributed by atoms with Gasteiger partial charge in [0.05, 0.1) is 22.1 Å². The highest BCUT2D eigenvalue weighted by molar-refractivity contribution is 6.06. The molecule has 3 aromatic carbocycles. The van der Waals surface area contributed by atoms with Crippen LogP contribution in [0, 0.1) is 11.6 Å². The van der Waals surface area contributed by atoms with Gasteiger partial charge in [-0.05, 0) is 61.5 Å². The first-order valence-electron chi connectivity index (χ1n) is 9.61. The number of H-pyrrole nitrogens is 1. The van der Waals surface area contributed by atoms with Gasteiger partial charge in [0, 0.05) is 17.8 Å². The number of amides is 1. The van der Waals surface area contributed by atoms with Gasteiger partial charge in [-0.3, -0.25) is 4.79 Å². The predicted octanol–water partition coefficient (Wildman–Crippen LogP) is 4.53. The van der Waals surface area contributed by atoms with Crippen molar-refractivity contribution in [2.24, 2.45) is 0 Å². The zero-order valence-electron chi connectivity index (χ0n) is 16.4. The summed E-state index contributed by atoms with van der Waals surface area (Å²) < 4.78 is 29.3. The van der Waals surface area contributed by atoms with Gasteiger partial charge in [0.2, 0.25) is 0 Å². The van der Waals surface area contributed by atoms with Crippen LogP contribution < -0.4 is 5.32 Å². The fourth-order valence-corrected chi connectivity index (χ4v) is 3.44. The number of carbonyl (C=O) groups is 1. The van der Waals surface area contributed by atoms with E-state index < -0.39 is 11.6 Å². The summed E-state index contributed by atoms with van der Waals surface area (Å²) >= 11 is 0. The van der Waals surface area contributed by atoms with E-state index in [-0.39, 0.29) is 17.3 Å². The van der Waals surface area contributed by atoms with Crippen LogP contribution in [-0.2, 0) is 6.54 Å². The Morgan fingerprint density at radius 3 is 2.77 bits per heavy atom. The molecule has 1 amide bonds. The lowest BCUT2D eigenvalue weighted by molar-refractivity contribution is 0.102. The third kappa shape index (κ3) is 3.39. The maximum atomic E-state index is 14.1. The van der Waals surface area contributed by atoms with E-state index in [0.29, 0.717) is 34.3 Å². The molecule has 0 aliphatic carbocycles. The van der Waals surface area contributed by atoms with Gasteiger partial charge in [-0.25, -0.2) is 18.4 Å². The van der Waals surface area contributed by atoms with Crippen molar-refractivity contribution in [1.82, 2.24) is 25.0 Å². The van der Waals surface area contributed by atoms with Crippen molar-refractivity contribution in [2.45, 2.75) is 13.5 Å². The highest BCUT2D eigenvalue weighted by Gasteiger charge is 2.14. The number of aromatic nitrogens is 5. The second-order valence-electron chi connectivity index (χ2n) is 7.00. The largest absolute Gasteiger partial charge is 0.338 e. The molecule has 2 heterocycles. The molecule has 7 nitrogen and oxygen atoms in total. The summed E-state index contributed by atoms with van der Waals surface area (Å²) in [6.07, 6.45) is 0. The van der Waals surface area contributed by atoms with E-state index in [4.69, 9.17) is 0 Å². The van der Waals surface area contributed by atoms with Crippen molar-refractivity contribution in [1.29, 1.82) is 0 Å². The molecular weight excluding hydrogens is 402 g/mol. The number of anilines is 1. The summed E-state index contributed by atoms with van der Waals surface area (Å²) in [6, 6.07) is 13.5. The smallest absolute Gasteiger partial charge is 0.255 e. The summed E-state index contributed by atoms with van der Waals surface area (Å²) in [7, 11) is 0. The van der Waals surface area contributed by atoms with Crippen molar-refractivity contribution in [3.05, 3.63) is 71.8 Å². The number of benzene rings is 3. The highest BCUT2D eigenvalue weighted by atomic mass is 19.1. The molecule has 9 heteroatoms. The van der Waals surface area contributed by atoms with Crippen LogP contribution in [0.15, 0.2) is 54.6 Å². The Bertz CT molecular complexity index is 1460. The normalized spacial score (nSPS) is 11.3. The van der Waals surface area contributed by atoms with E-state index in [0.717, 1.165) is 23.7 Å². The molecule has 0 unspecified atom stereocenters. The molecule has 5 aromatic rings. The molecule has 2 N–H and O–H groups in total. The zero-order valence-corrected chi connectivity index (χ0v) is 16.4. The maximum Gasteiger partial charge on any atom is 0.255 e. The third-order valence-corrected chi connectivity index (χ3v) is 5.00. The first kappa shape index (κ1) is 18.9.